The van der Waals surface area contributed by atoms with Gasteiger partial charge in [-0.25, -0.2) is 0 Å². The molecule has 0 aliphatic rings. The van der Waals surface area contributed by atoms with Crippen molar-refractivity contribution in [2.24, 2.45) is 0 Å². The van der Waals surface area contributed by atoms with Crippen molar-refractivity contribution < 1.29 is 22.5 Å². The van der Waals surface area contributed by atoms with Gasteiger partial charge in [-0.05, 0) is 6.42 Å². The summed E-state index contributed by atoms with van der Waals surface area (Å²) in [5, 5.41) is 0. The van der Waals surface area contributed by atoms with Crippen LogP contribution in [0, 0.1) is 0 Å². The van der Waals surface area contributed by atoms with Gasteiger partial charge in [-0.2, -0.15) is 8.42 Å². The standard InChI is InChI=1S/C5H10O5S.Na/c1-5(6)10-3-2-4-11(7,8)9;/h2-4H2,1H3,(H,7,8,9);. The largest absolute Gasteiger partial charge is 0.466 e. The zero-order valence-electron chi connectivity index (χ0n) is 7.11. The van der Waals surface area contributed by atoms with Crippen molar-refractivity contribution in [1.82, 2.24) is 0 Å². The van der Waals surface area contributed by atoms with Crippen LogP contribution in [0.2, 0.25) is 0 Å². The van der Waals surface area contributed by atoms with E-state index in [-0.39, 0.29) is 48.3 Å². The molecule has 0 spiro atoms. The zero-order chi connectivity index (χ0) is 8.91. The van der Waals surface area contributed by atoms with Crippen LogP contribution in [-0.2, 0) is 19.6 Å². The summed E-state index contributed by atoms with van der Waals surface area (Å²) in [4.78, 5) is 10.1. The van der Waals surface area contributed by atoms with E-state index in [2.05, 4.69) is 4.74 Å². The van der Waals surface area contributed by atoms with Gasteiger partial charge in [0.1, 0.15) is 0 Å². The summed E-state index contributed by atoms with van der Waals surface area (Å²) in [5.41, 5.74) is 0. The molecule has 7 heteroatoms. The summed E-state index contributed by atoms with van der Waals surface area (Å²) < 4.78 is 32.8. The third-order valence-corrected chi connectivity index (χ3v) is 1.66. The number of rotatable bonds is 4. The summed E-state index contributed by atoms with van der Waals surface area (Å²) in [5.74, 6) is -0.833. The Bertz CT molecular complexity index is 222. The van der Waals surface area contributed by atoms with Crippen LogP contribution < -0.4 is 0 Å². The SMILES string of the molecule is CC(=O)OCCCS(=O)(=O)O.[Na]. The molecule has 0 bridgehead atoms. The maximum absolute atomic E-state index is 10.1. The first-order valence-electron chi connectivity index (χ1n) is 3.00. The van der Waals surface area contributed by atoms with Gasteiger partial charge in [0.15, 0.2) is 0 Å². The molecular formula is C5H10NaO5S. The van der Waals surface area contributed by atoms with Gasteiger partial charge in [-0.3, -0.25) is 9.35 Å². The Labute approximate surface area is 93.5 Å². The van der Waals surface area contributed by atoms with E-state index in [0.29, 0.717) is 0 Å². The quantitative estimate of drug-likeness (QED) is 0.288. The van der Waals surface area contributed by atoms with Crippen molar-refractivity contribution in [2.45, 2.75) is 13.3 Å². The van der Waals surface area contributed by atoms with Gasteiger partial charge in [-0.15, -0.1) is 0 Å². The maximum atomic E-state index is 10.1. The second-order valence-electron chi connectivity index (χ2n) is 1.98. The van der Waals surface area contributed by atoms with E-state index in [1.807, 2.05) is 0 Å². The Hall–Kier alpha value is 0.380. The van der Waals surface area contributed by atoms with Crippen molar-refractivity contribution in [1.29, 1.82) is 0 Å². The van der Waals surface area contributed by atoms with Gasteiger partial charge in [-0.1, -0.05) is 0 Å². The average molecular weight is 205 g/mol. The molecule has 0 rings (SSSR count). The number of ether oxygens (including phenoxy) is 1. The molecule has 0 aliphatic heterocycles. The van der Waals surface area contributed by atoms with Crippen LogP contribution in [0.5, 0.6) is 0 Å². The Morgan fingerprint density at radius 2 is 2.00 bits per heavy atom. The summed E-state index contributed by atoms with van der Waals surface area (Å²) in [6.07, 6.45) is 0.123. The van der Waals surface area contributed by atoms with Crippen LogP contribution in [-0.4, -0.2) is 60.9 Å². The van der Waals surface area contributed by atoms with Gasteiger partial charge in [0.05, 0.1) is 12.4 Å². The van der Waals surface area contributed by atoms with Crippen LogP contribution in [0.25, 0.3) is 0 Å². The number of esters is 1. The van der Waals surface area contributed by atoms with E-state index in [1.165, 1.54) is 6.92 Å². The van der Waals surface area contributed by atoms with Gasteiger partial charge in [0.2, 0.25) is 0 Å². The minimum Gasteiger partial charge on any atom is -0.466 e. The first-order chi connectivity index (χ1) is 4.92. The molecule has 0 saturated carbocycles. The van der Waals surface area contributed by atoms with Crippen molar-refractivity contribution >= 4 is 45.6 Å². The van der Waals surface area contributed by atoms with Crippen LogP contribution in [0.15, 0.2) is 0 Å². The van der Waals surface area contributed by atoms with E-state index in [1.54, 1.807) is 0 Å². The van der Waals surface area contributed by atoms with Crippen LogP contribution in [0.3, 0.4) is 0 Å². The minimum atomic E-state index is -3.91. The normalized spacial score (nSPS) is 10.2. The first-order valence-corrected chi connectivity index (χ1v) is 4.61. The molecule has 0 atom stereocenters. The summed E-state index contributed by atoms with van der Waals surface area (Å²) in [7, 11) is -3.91. The molecule has 1 radical (unpaired) electrons. The van der Waals surface area contributed by atoms with Crippen molar-refractivity contribution in [3.05, 3.63) is 0 Å². The third-order valence-electron chi connectivity index (χ3n) is 0.852. The molecule has 67 valence electrons. The molecule has 0 heterocycles. The second-order valence-corrected chi connectivity index (χ2v) is 3.55. The molecular weight excluding hydrogens is 195 g/mol. The summed E-state index contributed by atoms with van der Waals surface area (Å²) in [6, 6.07) is 0. The van der Waals surface area contributed by atoms with Crippen LogP contribution >= 0.6 is 0 Å². The van der Waals surface area contributed by atoms with Crippen molar-refractivity contribution in [2.75, 3.05) is 12.4 Å². The molecule has 0 aromatic heterocycles. The van der Waals surface area contributed by atoms with E-state index < -0.39 is 16.1 Å². The van der Waals surface area contributed by atoms with Crippen LogP contribution in [0.1, 0.15) is 13.3 Å². The van der Waals surface area contributed by atoms with E-state index in [4.69, 9.17) is 4.55 Å². The van der Waals surface area contributed by atoms with Crippen molar-refractivity contribution in [3.8, 4) is 0 Å². The third kappa shape index (κ3) is 13.0. The van der Waals surface area contributed by atoms with Gasteiger partial charge < -0.3 is 4.74 Å². The molecule has 1 N–H and O–H groups in total. The fourth-order valence-corrected chi connectivity index (χ4v) is 0.940. The smallest absolute Gasteiger partial charge is 0.302 e. The number of carbonyl (C=O) groups is 1. The Morgan fingerprint density at radius 1 is 1.50 bits per heavy atom. The van der Waals surface area contributed by atoms with E-state index in [9.17, 15) is 13.2 Å². The fraction of sp³-hybridized carbons (Fsp3) is 0.800. The molecule has 0 fully saturated rings. The van der Waals surface area contributed by atoms with E-state index >= 15 is 0 Å². The fourth-order valence-electron chi connectivity index (χ4n) is 0.457. The Kier molecular flexibility index (Phi) is 8.49. The van der Waals surface area contributed by atoms with Crippen LogP contribution in [0.4, 0.5) is 0 Å². The topological polar surface area (TPSA) is 80.7 Å². The maximum Gasteiger partial charge on any atom is 0.302 e. The Morgan fingerprint density at radius 3 is 2.33 bits per heavy atom. The average Bonchev–Trinajstić information content (AvgIpc) is 1.78. The summed E-state index contributed by atoms with van der Waals surface area (Å²) in [6.45, 7) is 1.25. The predicted molar refractivity (Wildman–Crippen MR) is 43.4 cm³/mol. The molecule has 5 nitrogen and oxygen atoms in total. The van der Waals surface area contributed by atoms with Gasteiger partial charge in [0.25, 0.3) is 10.1 Å². The zero-order valence-corrected chi connectivity index (χ0v) is 9.93. The molecule has 0 saturated heterocycles. The minimum absolute atomic E-state index is 0. The first kappa shape index (κ1) is 14.9. The number of hydrogen-bond donors (Lipinski definition) is 1. The molecule has 0 aromatic carbocycles. The number of hydrogen-bond acceptors (Lipinski definition) is 4. The Balaban J connectivity index is 0. The second kappa shape index (κ2) is 6.85. The van der Waals surface area contributed by atoms with E-state index in [0.717, 1.165) is 0 Å². The predicted octanol–water partition coefficient (Wildman–Crippen LogP) is -0.553. The van der Waals surface area contributed by atoms with Gasteiger partial charge in [0, 0.05) is 36.5 Å². The molecule has 0 aliphatic carbocycles. The molecule has 0 aromatic rings. The van der Waals surface area contributed by atoms with Gasteiger partial charge >= 0.3 is 5.97 Å². The van der Waals surface area contributed by atoms with Crippen molar-refractivity contribution in [3.63, 3.8) is 0 Å². The molecule has 12 heavy (non-hydrogen) atoms. The summed E-state index contributed by atoms with van der Waals surface area (Å²) >= 11 is 0. The molecule has 0 amide bonds. The number of carbonyl (C=O) groups excluding carboxylic acids is 1. The molecule has 0 unspecified atom stereocenters. The monoisotopic (exact) mass is 205 g/mol.